The van der Waals surface area contributed by atoms with Crippen molar-refractivity contribution in [2.75, 3.05) is 5.75 Å². The number of thioether (sulfide) groups is 1. The molecule has 0 aliphatic heterocycles. The van der Waals surface area contributed by atoms with Crippen molar-refractivity contribution >= 4 is 28.4 Å². The highest BCUT2D eigenvalue weighted by molar-refractivity contribution is 7.99. The molecule has 0 amide bonds. The third kappa shape index (κ3) is 3.39. The van der Waals surface area contributed by atoms with E-state index in [9.17, 15) is 9.90 Å². The second-order valence-corrected chi connectivity index (χ2v) is 8.72. The van der Waals surface area contributed by atoms with E-state index in [1.54, 1.807) is 4.57 Å². The molecule has 0 radical (unpaired) electrons. The minimum absolute atomic E-state index is 0.130. The summed E-state index contributed by atoms with van der Waals surface area (Å²) in [6.45, 7) is 4.03. The first-order chi connectivity index (χ1) is 15.6. The summed E-state index contributed by atoms with van der Waals surface area (Å²) >= 11 is 1.42. The Bertz CT molecular complexity index is 1490. The Balaban J connectivity index is 1.68. The minimum atomic E-state index is -0.635. The van der Waals surface area contributed by atoms with Crippen LogP contribution < -0.4 is 5.56 Å². The number of aryl methyl sites for hydroxylation is 1. The summed E-state index contributed by atoms with van der Waals surface area (Å²) in [7, 11) is 0. The van der Waals surface area contributed by atoms with E-state index >= 15 is 0 Å². The molecule has 0 saturated heterocycles. The van der Waals surface area contributed by atoms with Gasteiger partial charge in [0.25, 0.3) is 5.56 Å². The quantitative estimate of drug-likeness (QED) is 0.407. The lowest BCUT2D eigenvalue weighted by Crippen LogP contribution is -2.22. The predicted octanol–water partition coefficient (Wildman–Crippen LogP) is 4.48. The van der Waals surface area contributed by atoms with E-state index in [0.717, 1.165) is 27.9 Å². The van der Waals surface area contributed by atoms with Gasteiger partial charge in [-0.2, -0.15) is 0 Å². The SMILES string of the molecule is Cc1cccc(-n2c(=O)c3ccccc3n3c(SC[C@H](O)c4ccccc4)nnc23)c1C. The van der Waals surface area contributed by atoms with Crippen LogP contribution in [0.3, 0.4) is 0 Å². The van der Waals surface area contributed by atoms with E-state index in [4.69, 9.17) is 0 Å². The number of fused-ring (bicyclic) bond motifs is 3. The molecule has 1 N–H and O–H groups in total. The highest BCUT2D eigenvalue weighted by atomic mass is 32.2. The molecule has 0 spiro atoms. The summed E-state index contributed by atoms with van der Waals surface area (Å²) in [6.07, 6.45) is -0.635. The Labute approximate surface area is 189 Å². The number of para-hydroxylation sites is 1. The molecule has 3 aromatic carbocycles. The maximum atomic E-state index is 13.5. The highest BCUT2D eigenvalue weighted by Gasteiger charge is 2.20. The molecule has 32 heavy (non-hydrogen) atoms. The molecule has 2 aromatic heterocycles. The number of hydrogen-bond donors (Lipinski definition) is 1. The lowest BCUT2D eigenvalue weighted by Gasteiger charge is -2.15. The average molecular weight is 443 g/mol. The number of benzene rings is 3. The Kier molecular flexibility index (Phi) is 5.28. The fourth-order valence-electron chi connectivity index (χ4n) is 3.89. The Hall–Kier alpha value is -3.42. The molecule has 0 fully saturated rings. The summed E-state index contributed by atoms with van der Waals surface area (Å²) in [5, 5.41) is 20.6. The maximum absolute atomic E-state index is 13.5. The van der Waals surface area contributed by atoms with Gasteiger partial charge in [0.1, 0.15) is 0 Å². The molecular weight excluding hydrogens is 420 g/mol. The van der Waals surface area contributed by atoms with Crippen LogP contribution >= 0.6 is 11.8 Å². The van der Waals surface area contributed by atoms with E-state index in [-0.39, 0.29) is 5.56 Å². The third-order valence-corrected chi connectivity index (χ3v) is 6.77. The van der Waals surface area contributed by atoms with E-state index in [1.165, 1.54) is 11.8 Å². The van der Waals surface area contributed by atoms with Crippen LogP contribution in [0.4, 0.5) is 0 Å². The van der Waals surface area contributed by atoms with E-state index in [1.807, 2.05) is 91.0 Å². The zero-order valence-corrected chi connectivity index (χ0v) is 18.6. The van der Waals surface area contributed by atoms with Crippen LogP contribution in [0.25, 0.3) is 22.4 Å². The van der Waals surface area contributed by atoms with E-state index < -0.39 is 6.10 Å². The largest absolute Gasteiger partial charge is 0.388 e. The van der Waals surface area contributed by atoms with Crippen LogP contribution in [0.5, 0.6) is 0 Å². The molecule has 0 saturated carbocycles. The van der Waals surface area contributed by atoms with Crippen molar-refractivity contribution in [1.82, 2.24) is 19.2 Å². The van der Waals surface area contributed by atoms with Crippen molar-refractivity contribution in [2.24, 2.45) is 0 Å². The fraction of sp³-hybridized carbons (Fsp3) is 0.160. The Morgan fingerprint density at radius 1 is 0.938 bits per heavy atom. The van der Waals surface area contributed by atoms with Crippen LogP contribution in [0.1, 0.15) is 22.8 Å². The van der Waals surface area contributed by atoms with Crippen LogP contribution in [-0.4, -0.2) is 30.0 Å². The van der Waals surface area contributed by atoms with Crippen LogP contribution in [0.15, 0.2) is 82.7 Å². The monoisotopic (exact) mass is 442 g/mol. The lowest BCUT2D eigenvalue weighted by molar-refractivity contribution is 0.204. The second-order valence-electron chi connectivity index (χ2n) is 7.73. The summed E-state index contributed by atoms with van der Waals surface area (Å²) in [4.78, 5) is 13.5. The molecule has 5 aromatic rings. The van der Waals surface area contributed by atoms with Gasteiger partial charge in [-0.3, -0.25) is 9.20 Å². The summed E-state index contributed by atoms with van der Waals surface area (Å²) in [6, 6.07) is 22.9. The first kappa shape index (κ1) is 20.5. The summed E-state index contributed by atoms with van der Waals surface area (Å²) < 4.78 is 3.54. The number of rotatable bonds is 5. The third-order valence-electron chi connectivity index (χ3n) is 5.77. The predicted molar refractivity (Wildman–Crippen MR) is 128 cm³/mol. The van der Waals surface area contributed by atoms with Crippen molar-refractivity contribution in [1.29, 1.82) is 0 Å². The standard InChI is InChI=1S/C25H22N4O2S/c1-16-9-8-14-20(17(16)2)28-23(31)19-12-6-7-13-21(19)29-24(28)26-27-25(29)32-15-22(30)18-10-4-3-5-11-18/h3-14,22,30H,15H2,1-2H3/t22-/m0/s1. The molecule has 7 heteroatoms. The van der Waals surface area contributed by atoms with Crippen LogP contribution in [0, 0.1) is 13.8 Å². The van der Waals surface area contributed by atoms with Gasteiger partial charge in [-0.05, 0) is 48.7 Å². The van der Waals surface area contributed by atoms with Crippen molar-refractivity contribution in [3.05, 3.63) is 99.8 Å². The van der Waals surface area contributed by atoms with Gasteiger partial charge in [-0.15, -0.1) is 10.2 Å². The topological polar surface area (TPSA) is 72.4 Å². The normalized spacial score (nSPS) is 12.5. The molecule has 6 nitrogen and oxygen atoms in total. The molecule has 160 valence electrons. The van der Waals surface area contributed by atoms with Crippen LogP contribution in [0.2, 0.25) is 0 Å². The van der Waals surface area contributed by atoms with Crippen molar-refractivity contribution in [2.45, 2.75) is 25.1 Å². The van der Waals surface area contributed by atoms with Gasteiger partial charge in [0.05, 0.1) is 22.7 Å². The summed E-state index contributed by atoms with van der Waals surface area (Å²) in [5.41, 5.74) is 4.38. The zero-order chi connectivity index (χ0) is 22.2. The lowest BCUT2D eigenvalue weighted by atomic mass is 10.1. The second kappa shape index (κ2) is 8.26. The number of aliphatic hydroxyl groups is 1. The molecule has 5 rings (SSSR count). The fourth-order valence-corrected chi connectivity index (χ4v) is 4.80. The van der Waals surface area contributed by atoms with Gasteiger partial charge in [0.2, 0.25) is 5.78 Å². The first-order valence-corrected chi connectivity index (χ1v) is 11.4. The number of nitrogens with zero attached hydrogens (tertiary/aromatic N) is 4. The Morgan fingerprint density at radius 3 is 2.50 bits per heavy atom. The number of aromatic nitrogens is 4. The molecule has 0 unspecified atom stereocenters. The summed E-state index contributed by atoms with van der Waals surface area (Å²) in [5.74, 6) is 0.876. The molecule has 0 aliphatic carbocycles. The molecule has 0 aliphatic rings. The Morgan fingerprint density at radius 2 is 1.69 bits per heavy atom. The van der Waals surface area contributed by atoms with Gasteiger partial charge in [0.15, 0.2) is 5.16 Å². The maximum Gasteiger partial charge on any atom is 0.267 e. The van der Waals surface area contributed by atoms with Gasteiger partial charge < -0.3 is 5.11 Å². The van der Waals surface area contributed by atoms with Crippen molar-refractivity contribution < 1.29 is 5.11 Å². The van der Waals surface area contributed by atoms with Gasteiger partial charge in [0, 0.05) is 5.75 Å². The molecular formula is C25H22N4O2S. The van der Waals surface area contributed by atoms with Gasteiger partial charge >= 0.3 is 0 Å². The van der Waals surface area contributed by atoms with Crippen molar-refractivity contribution in [3.63, 3.8) is 0 Å². The smallest absolute Gasteiger partial charge is 0.267 e. The first-order valence-electron chi connectivity index (χ1n) is 10.4. The van der Waals surface area contributed by atoms with E-state index in [0.29, 0.717) is 22.1 Å². The van der Waals surface area contributed by atoms with Crippen molar-refractivity contribution in [3.8, 4) is 5.69 Å². The molecule has 0 bridgehead atoms. The number of aliphatic hydroxyl groups excluding tert-OH is 1. The van der Waals surface area contributed by atoms with Gasteiger partial charge in [-0.25, -0.2) is 4.57 Å². The van der Waals surface area contributed by atoms with Gasteiger partial charge in [-0.1, -0.05) is 66.4 Å². The molecule has 2 heterocycles. The average Bonchev–Trinajstić information content (AvgIpc) is 3.24. The van der Waals surface area contributed by atoms with E-state index in [2.05, 4.69) is 10.2 Å². The minimum Gasteiger partial charge on any atom is -0.388 e. The van der Waals surface area contributed by atoms with Crippen LogP contribution in [-0.2, 0) is 0 Å². The highest BCUT2D eigenvalue weighted by Crippen LogP contribution is 2.27. The molecule has 1 atom stereocenters. The zero-order valence-electron chi connectivity index (χ0n) is 17.8. The number of hydrogen-bond acceptors (Lipinski definition) is 5.